The molecule has 0 aliphatic carbocycles. The molecule has 0 saturated carbocycles. The lowest BCUT2D eigenvalue weighted by Gasteiger charge is -2.21. The molecule has 1 N–H and O–H groups in total. The number of hydrogen-bond donors (Lipinski definition) is 1. The first kappa shape index (κ1) is 16.9. The van der Waals surface area contributed by atoms with Gasteiger partial charge in [-0.3, -0.25) is 4.79 Å². The fourth-order valence-corrected chi connectivity index (χ4v) is 2.59. The van der Waals surface area contributed by atoms with Gasteiger partial charge in [-0.25, -0.2) is 12.7 Å². The standard InChI is InChI=1S/C13H19ClN2O3S/c1-13(2,3)15-12(17)10-8-9(6-7-11(10)14)20(18,19)16(4)5/h6-8H,1-5H3,(H,15,17). The van der Waals surface area contributed by atoms with Gasteiger partial charge >= 0.3 is 0 Å². The van der Waals surface area contributed by atoms with E-state index in [1.807, 2.05) is 20.8 Å². The number of carbonyl (C=O) groups excluding carboxylic acids is 1. The van der Waals surface area contributed by atoms with Crippen molar-refractivity contribution in [2.24, 2.45) is 0 Å². The van der Waals surface area contributed by atoms with E-state index in [2.05, 4.69) is 5.32 Å². The molecule has 0 atom stereocenters. The van der Waals surface area contributed by atoms with Crippen LogP contribution in [0.1, 0.15) is 31.1 Å². The van der Waals surface area contributed by atoms with Crippen molar-refractivity contribution in [3.05, 3.63) is 28.8 Å². The summed E-state index contributed by atoms with van der Waals surface area (Å²) in [5.41, 5.74) is -0.291. The Hall–Kier alpha value is -1.11. The number of halogens is 1. The Balaban J connectivity index is 3.27. The van der Waals surface area contributed by atoms with E-state index in [0.29, 0.717) is 0 Å². The van der Waals surface area contributed by atoms with Gasteiger partial charge < -0.3 is 5.32 Å². The zero-order valence-electron chi connectivity index (χ0n) is 12.2. The highest BCUT2D eigenvalue weighted by molar-refractivity contribution is 7.89. The second kappa shape index (κ2) is 5.71. The lowest BCUT2D eigenvalue weighted by Crippen LogP contribution is -2.40. The molecular weight excluding hydrogens is 300 g/mol. The molecule has 0 saturated heterocycles. The fraction of sp³-hybridized carbons (Fsp3) is 0.462. The molecule has 0 aliphatic rings. The van der Waals surface area contributed by atoms with Gasteiger partial charge in [0.25, 0.3) is 5.91 Å². The minimum Gasteiger partial charge on any atom is -0.347 e. The van der Waals surface area contributed by atoms with Crippen molar-refractivity contribution in [1.82, 2.24) is 9.62 Å². The van der Waals surface area contributed by atoms with Crippen molar-refractivity contribution in [1.29, 1.82) is 0 Å². The first-order chi connectivity index (χ1) is 8.95. The zero-order chi connectivity index (χ0) is 15.7. The maximum absolute atomic E-state index is 12.1. The van der Waals surface area contributed by atoms with Crippen molar-refractivity contribution in [2.45, 2.75) is 31.2 Å². The summed E-state index contributed by atoms with van der Waals surface area (Å²) in [5, 5.41) is 2.96. The monoisotopic (exact) mass is 318 g/mol. The summed E-state index contributed by atoms with van der Waals surface area (Å²) in [6, 6.07) is 4.08. The summed E-state index contributed by atoms with van der Waals surface area (Å²) in [4.78, 5) is 12.2. The lowest BCUT2D eigenvalue weighted by molar-refractivity contribution is 0.0919. The van der Waals surface area contributed by atoms with E-state index in [0.717, 1.165) is 4.31 Å². The summed E-state index contributed by atoms with van der Waals surface area (Å²) in [6.45, 7) is 5.50. The molecular formula is C13H19ClN2O3S. The third-order valence-corrected chi connectivity index (χ3v) is 4.59. The average Bonchev–Trinajstić information content (AvgIpc) is 2.26. The fourth-order valence-electron chi connectivity index (χ4n) is 1.46. The van der Waals surface area contributed by atoms with Crippen LogP contribution < -0.4 is 5.32 Å². The Morgan fingerprint density at radius 3 is 2.25 bits per heavy atom. The molecule has 0 aliphatic heterocycles. The molecule has 5 nitrogen and oxygen atoms in total. The number of sulfonamides is 1. The van der Waals surface area contributed by atoms with Gasteiger partial charge in [-0.05, 0) is 39.0 Å². The second-order valence-corrected chi connectivity index (χ2v) is 8.19. The molecule has 0 spiro atoms. The summed E-state index contributed by atoms with van der Waals surface area (Å²) in [6.07, 6.45) is 0. The van der Waals surface area contributed by atoms with Crippen LogP contribution in [-0.4, -0.2) is 38.3 Å². The summed E-state index contributed by atoms with van der Waals surface area (Å²) < 4.78 is 25.2. The molecule has 0 heterocycles. The highest BCUT2D eigenvalue weighted by Gasteiger charge is 2.22. The summed E-state index contributed by atoms with van der Waals surface area (Å²) in [5.74, 6) is -0.404. The predicted molar refractivity (Wildman–Crippen MR) is 79.5 cm³/mol. The first-order valence-corrected chi connectivity index (χ1v) is 7.81. The van der Waals surface area contributed by atoms with E-state index in [-0.39, 0.29) is 15.5 Å². The van der Waals surface area contributed by atoms with Crippen molar-refractivity contribution in [3.63, 3.8) is 0 Å². The van der Waals surface area contributed by atoms with Gasteiger partial charge in [0.2, 0.25) is 10.0 Å². The van der Waals surface area contributed by atoms with E-state index in [9.17, 15) is 13.2 Å². The zero-order valence-corrected chi connectivity index (χ0v) is 13.8. The highest BCUT2D eigenvalue weighted by atomic mass is 35.5. The molecule has 1 amide bonds. The van der Waals surface area contributed by atoms with Gasteiger partial charge in [0, 0.05) is 19.6 Å². The number of nitrogens with zero attached hydrogens (tertiary/aromatic N) is 1. The Morgan fingerprint density at radius 2 is 1.80 bits per heavy atom. The van der Waals surface area contributed by atoms with Crippen LogP contribution in [0.5, 0.6) is 0 Å². The molecule has 0 unspecified atom stereocenters. The van der Waals surface area contributed by atoms with Crippen molar-refractivity contribution in [3.8, 4) is 0 Å². The number of benzene rings is 1. The summed E-state index contributed by atoms with van der Waals surface area (Å²) >= 11 is 5.98. The van der Waals surface area contributed by atoms with Crippen molar-refractivity contribution < 1.29 is 13.2 Å². The lowest BCUT2D eigenvalue weighted by atomic mass is 10.1. The van der Waals surface area contributed by atoms with E-state index in [4.69, 9.17) is 11.6 Å². The molecule has 112 valence electrons. The molecule has 0 radical (unpaired) electrons. The van der Waals surface area contributed by atoms with Crippen LogP contribution in [0.15, 0.2) is 23.1 Å². The number of rotatable bonds is 3. The Bertz CT molecular complexity index is 619. The van der Waals surface area contributed by atoms with Crippen LogP contribution in [0, 0.1) is 0 Å². The van der Waals surface area contributed by atoms with Gasteiger partial charge in [-0.1, -0.05) is 11.6 Å². The molecule has 7 heteroatoms. The van der Waals surface area contributed by atoms with Crippen molar-refractivity contribution in [2.75, 3.05) is 14.1 Å². The Morgan fingerprint density at radius 1 is 1.25 bits per heavy atom. The van der Waals surface area contributed by atoms with Crippen LogP contribution in [0.25, 0.3) is 0 Å². The molecule has 1 aromatic carbocycles. The van der Waals surface area contributed by atoms with Gasteiger partial charge in [-0.2, -0.15) is 0 Å². The molecule has 0 fully saturated rings. The van der Waals surface area contributed by atoms with E-state index in [1.54, 1.807) is 0 Å². The molecule has 1 rings (SSSR count). The van der Waals surface area contributed by atoms with E-state index in [1.165, 1.54) is 32.3 Å². The largest absolute Gasteiger partial charge is 0.347 e. The quantitative estimate of drug-likeness (QED) is 0.928. The number of nitrogens with one attached hydrogen (secondary N) is 1. The van der Waals surface area contributed by atoms with Gasteiger partial charge in [0.05, 0.1) is 15.5 Å². The molecule has 20 heavy (non-hydrogen) atoms. The Kier molecular flexibility index (Phi) is 4.84. The van der Waals surface area contributed by atoms with E-state index < -0.39 is 21.5 Å². The minimum absolute atomic E-state index is 0.0333. The second-order valence-electron chi connectivity index (χ2n) is 5.63. The number of hydrogen-bond acceptors (Lipinski definition) is 3. The minimum atomic E-state index is -3.60. The van der Waals surface area contributed by atoms with Crippen LogP contribution in [-0.2, 0) is 10.0 Å². The first-order valence-electron chi connectivity index (χ1n) is 6.00. The number of amides is 1. The van der Waals surface area contributed by atoms with E-state index >= 15 is 0 Å². The van der Waals surface area contributed by atoms with Gasteiger partial charge in [0.15, 0.2) is 0 Å². The third-order valence-electron chi connectivity index (χ3n) is 2.45. The maximum Gasteiger partial charge on any atom is 0.253 e. The normalized spacial score (nSPS) is 12.6. The smallest absolute Gasteiger partial charge is 0.253 e. The topological polar surface area (TPSA) is 66.5 Å². The van der Waals surface area contributed by atoms with Crippen LogP contribution >= 0.6 is 11.6 Å². The van der Waals surface area contributed by atoms with Crippen LogP contribution in [0.2, 0.25) is 5.02 Å². The predicted octanol–water partition coefficient (Wildman–Crippen LogP) is 2.12. The molecule has 0 bridgehead atoms. The Labute approximate surface area is 125 Å². The van der Waals surface area contributed by atoms with Crippen molar-refractivity contribution >= 4 is 27.5 Å². The van der Waals surface area contributed by atoms with Gasteiger partial charge in [-0.15, -0.1) is 0 Å². The molecule has 0 aromatic heterocycles. The summed E-state index contributed by atoms with van der Waals surface area (Å²) in [7, 11) is -0.740. The van der Waals surface area contributed by atoms with Gasteiger partial charge in [0.1, 0.15) is 0 Å². The maximum atomic E-state index is 12.1. The van der Waals surface area contributed by atoms with Crippen LogP contribution in [0.4, 0.5) is 0 Å². The SMILES string of the molecule is CN(C)S(=O)(=O)c1ccc(Cl)c(C(=O)NC(C)(C)C)c1. The number of carbonyl (C=O) groups is 1. The highest BCUT2D eigenvalue weighted by Crippen LogP contribution is 2.22. The average molecular weight is 319 g/mol. The third kappa shape index (κ3) is 3.94. The van der Waals surface area contributed by atoms with Crippen LogP contribution in [0.3, 0.4) is 0 Å². The molecule has 1 aromatic rings.